The van der Waals surface area contributed by atoms with E-state index in [4.69, 9.17) is 5.73 Å². The van der Waals surface area contributed by atoms with Gasteiger partial charge in [-0.25, -0.2) is 0 Å². The monoisotopic (exact) mass is 161 g/mol. The van der Waals surface area contributed by atoms with Gasteiger partial charge in [0.2, 0.25) is 0 Å². The van der Waals surface area contributed by atoms with Crippen molar-refractivity contribution >= 4 is 12.4 Å². The summed E-state index contributed by atoms with van der Waals surface area (Å²) in [7, 11) is 0. The smallest absolute Gasteiger partial charge is 0.00725 e. The molecule has 1 nitrogen and oxygen atoms in total. The first-order chi connectivity index (χ1) is 4.38. The molecule has 2 aliphatic carbocycles. The number of rotatable bonds is 0. The summed E-state index contributed by atoms with van der Waals surface area (Å²) in [5, 5.41) is 0. The Balaban J connectivity index is 0.000000500. The molecule has 60 valence electrons. The quantitative estimate of drug-likeness (QED) is 0.578. The predicted octanol–water partition coefficient (Wildman–Crippen LogP) is 1.95. The van der Waals surface area contributed by atoms with Gasteiger partial charge in [-0.05, 0) is 24.7 Å². The molecule has 2 heteroatoms. The molecule has 2 aliphatic rings. The fourth-order valence-corrected chi connectivity index (χ4v) is 2.42. The van der Waals surface area contributed by atoms with Crippen molar-refractivity contribution in [2.75, 3.05) is 0 Å². The molecule has 0 bridgehead atoms. The standard InChI is InChI=1S/C8H15N.ClH/c9-8-5-6-3-1-2-4-7(6)8;/h6-8H,1-5,9H2;1H/t6-,7+,8+;/m0./s1. The van der Waals surface area contributed by atoms with Crippen LogP contribution in [0.1, 0.15) is 32.1 Å². The van der Waals surface area contributed by atoms with Crippen LogP contribution in [0.5, 0.6) is 0 Å². The molecule has 0 saturated heterocycles. The number of nitrogens with two attached hydrogens (primary N) is 1. The number of fused-ring (bicyclic) bond motifs is 1. The Labute approximate surface area is 68.8 Å². The van der Waals surface area contributed by atoms with Crippen molar-refractivity contribution < 1.29 is 0 Å². The Kier molecular flexibility index (Phi) is 2.59. The second kappa shape index (κ2) is 3.10. The summed E-state index contributed by atoms with van der Waals surface area (Å²) >= 11 is 0. The third kappa shape index (κ3) is 1.17. The first-order valence-corrected chi connectivity index (χ1v) is 4.13. The van der Waals surface area contributed by atoms with Crippen molar-refractivity contribution in [2.24, 2.45) is 17.6 Å². The Morgan fingerprint density at radius 1 is 1.10 bits per heavy atom. The minimum Gasteiger partial charge on any atom is -0.327 e. The van der Waals surface area contributed by atoms with E-state index in [2.05, 4.69) is 0 Å². The number of hydrogen-bond donors (Lipinski definition) is 1. The molecule has 0 aromatic rings. The van der Waals surface area contributed by atoms with Gasteiger partial charge in [-0.2, -0.15) is 0 Å². The minimum atomic E-state index is 0. The lowest BCUT2D eigenvalue weighted by Crippen LogP contribution is -2.48. The van der Waals surface area contributed by atoms with Gasteiger partial charge in [0.25, 0.3) is 0 Å². The van der Waals surface area contributed by atoms with E-state index < -0.39 is 0 Å². The van der Waals surface area contributed by atoms with E-state index in [0.29, 0.717) is 6.04 Å². The van der Waals surface area contributed by atoms with Crippen LogP contribution in [-0.2, 0) is 0 Å². The van der Waals surface area contributed by atoms with E-state index in [9.17, 15) is 0 Å². The lowest BCUT2D eigenvalue weighted by molar-refractivity contribution is 0.0835. The molecule has 0 heterocycles. The van der Waals surface area contributed by atoms with Crippen molar-refractivity contribution in [1.82, 2.24) is 0 Å². The second-order valence-electron chi connectivity index (χ2n) is 3.61. The molecule has 2 fully saturated rings. The van der Waals surface area contributed by atoms with Crippen molar-refractivity contribution in [3.05, 3.63) is 0 Å². The van der Waals surface area contributed by atoms with Crippen molar-refractivity contribution in [3.8, 4) is 0 Å². The fourth-order valence-electron chi connectivity index (χ4n) is 2.42. The molecular weight excluding hydrogens is 146 g/mol. The molecule has 0 radical (unpaired) electrons. The minimum absolute atomic E-state index is 0. The topological polar surface area (TPSA) is 26.0 Å². The normalized spacial score (nSPS) is 44.7. The highest BCUT2D eigenvalue weighted by molar-refractivity contribution is 5.85. The first kappa shape index (κ1) is 8.35. The van der Waals surface area contributed by atoms with Gasteiger partial charge in [-0.1, -0.05) is 19.3 Å². The van der Waals surface area contributed by atoms with Gasteiger partial charge in [0.05, 0.1) is 0 Å². The van der Waals surface area contributed by atoms with Crippen LogP contribution >= 0.6 is 12.4 Å². The Bertz CT molecular complexity index is 114. The van der Waals surface area contributed by atoms with Crippen LogP contribution in [0.4, 0.5) is 0 Å². The molecule has 0 amide bonds. The van der Waals surface area contributed by atoms with Crippen molar-refractivity contribution in [1.29, 1.82) is 0 Å². The molecule has 0 spiro atoms. The van der Waals surface area contributed by atoms with Crippen LogP contribution in [0.2, 0.25) is 0 Å². The van der Waals surface area contributed by atoms with Gasteiger partial charge in [0, 0.05) is 6.04 Å². The average molecular weight is 162 g/mol. The molecule has 10 heavy (non-hydrogen) atoms. The van der Waals surface area contributed by atoms with Gasteiger partial charge in [-0.15, -0.1) is 12.4 Å². The molecular formula is C8H16ClN. The Hall–Kier alpha value is 0.250. The average Bonchev–Trinajstić information content (AvgIpc) is 1.86. The van der Waals surface area contributed by atoms with Crippen LogP contribution in [0.15, 0.2) is 0 Å². The van der Waals surface area contributed by atoms with Crippen molar-refractivity contribution in [2.45, 2.75) is 38.1 Å². The maximum atomic E-state index is 5.83. The highest BCUT2D eigenvalue weighted by atomic mass is 35.5. The van der Waals surface area contributed by atoms with Gasteiger partial charge in [0.15, 0.2) is 0 Å². The van der Waals surface area contributed by atoms with E-state index in [0.717, 1.165) is 11.8 Å². The number of hydrogen-bond acceptors (Lipinski definition) is 1. The molecule has 2 saturated carbocycles. The van der Waals surface area contributed by atoms with Gasteiger partial charge >= 0.3 is 0 Å². The third-order valence-corrected chi connectivity index (χ3v) is 3.09. The van der Waals surface area contributed by atoms with Crippen LogP contribution < -0.4 is 5.73 Å². The largest absolute Gasteiger partial charge is 0.327 e. The lowest BCUT2D eigenvalue weighted by atomic mass is 9.62. The van der Waals surface area contributed by atoms with Gasteiger partial charge < -0.3 is 5.73 Å². The Morgan fingerprint density at radius 2 is 1.80 bits per heavy atom. The molecule has 0 aromatic heterocycles. The summed E-state index contributed by atoms with van der Waals surface area (Å²) in [4.78, 5) is 0. The molecule has 3 atom stereocenters. The van der Waals surface area contributed by atoms with E-state index in [1.54, 1.807) is 0 Å². The fraction of sp³-hybridized carbons (Fsp3) is 1.00. The predicted molar refractivity (Wildman–Crippen MR) is 45.3 cm³/mol. The van der Waals surface area contributed by atoms with Crippen LogP contribution in [0, 0.1) is 11.8 Å². The maximum absolute atomic E-state index is 5.83. The zero-order valence-electron chi connectivity index (χ0n) is 6.25. The summed E-state index contributed by atoms with van der Waals surface area (Å²) in [5.74, 6) is 1.97. The molecule has 0 aromatic carbocycles. The molecule has 0 unspecified atom stereocenters. The van der Waals surface area contributed by atoms with Crippen LogP contribution in [-0.4, -0.2) is 6.04 Å². The molecule has 2 rings (SSSR count). The van der Waals surface area contributed by atoms with Crippen molar-refractivity contribution in [3.63, 3.8) is 0 Å². The Morgan fingerprint density at radius 3 is 2.30 bits per heavy atom. The third-order valence-electron chi connectivity index (χ3n) is 3.09. The zero-order valence-corrected chi connectivity index (χ0v) is 7.07. The van der Waals surface area contributed by atoms with E-state index in [-0.39, 0.29) is 12.4 Å². The second-order valence-corrected chi connectivity index (χ2v) is 3.61. The van der Waals surface area contributed by atoms with E-state index >= 15 is 0 Å². The molecule has 2 N–H and O–H groups in total. The summed E-state index contributed by atoms with van der Waals surface area (Å²) < 4.78 is 0. The van der Waals surface area contributed by atoms with Gasteiger partial charge in [0.1, 0.15) is 0 Å². The molecule has 0 aliphatic heterocycles. The zero-order chi connectivity index (χ0) is 6.27. The SMILES string of the molecule is Cl.N[C@@H]1C[C@@H]2CCCC[C@H]21. The maximum Gasteiger partial charge on any atom is 0.00725 e. The summed E-state index contributed by atoms with van der Waals surface area (Å²) in [5.41, 5.74) is 5.83. The van der Waals surface area contributed by atoms with E-state index in [1.807, 2.05) is 0 Å². The van der Waals surface area contributed by atoms with Crippen LogP contribution in [0.3, 0.4) is 0 Å². The summed E-state index contributed by atoms with van der Waals surface area (Å²) in [6.45, 7) is 0. The van der Waals surface area contributed by atoms with Gasteiger partial charge in [-0.3, -0.25) is 0 Å². The van der Waals surface area contributed by atoms with Crippen LogP contribution in [0.25, 0.3) is 0 Å². The summed E-state index contributed by atoms with van der Waals surface area (Å²) in [6, 6.07) is 0.579. The highest BCUT2D eigenvalue weighted by Gasteiger charge is 2.39. The highest BCUT2D eigenvalue weighted by Crippen LogP contribution is 2.43. The number of halogens is 1. The first-order valence-electron chi connectivity index (χ1n) is 4.13. The lowest BCUT2D eigenvalue weighted by Gasteiger charge is -2.46. The van der Waals surface area contributed by atoms with E-state index in [1.165, 1.54) is 32.1 Å². The summed E-state index contributed by atoms with van der Waals surface area (Å²) in [6.07, 6.45) is 7.12.